The van der Waals surface area contributed by atoms with Crippen LogP contribution in [0.3, 0.4) is 0 Å². The van der Waals surface area contributed by atoms with Crippen molar-refractivity contribution >= 4 is 11.8 Å². The molecule has 0 aromatic heterocycles. The minimum atomic E-state index is -0.459. The second kappa shape index (κ2) is 6.11. The lowest BCUT2D eigenvalue weighted by atomic mass is 9.86. The monoisotopic (exact) mass is 300 g/mol. The zero-order valence-electron chi connectivity index (χ0n) is 13.1. The van der Waals surface area contributed by atoms with E-state index in [0.29, 0.717) is 23.2 Å². The number of carbonyl (C=O) groups is 2. The van der Waals surface area contributed by atoms with E-state index in [0.717, 1.165) is 31.6 Å². The Morgan fingerprint density at radius 2 is 1.36 bits per heavy atom. The smallest absolute Gasteiger partial charge is 0.254 e. The molecular formula is C18H24N2O2. The van der Waals surface area contributed by atoms with Crippen molar-refractivity contribution in [3.05, 3.63) is 35.4 Å². The van der Waals surface area contributed by atoms with E-state index in [2.05, 4.69) is 11.8 Å². The number of carbonyl (C=O) groups excluding carboxylic acids is 2. The Morgan fingerprint density at radius 3 is 1.82 bits per heavy atom. The fourth-order valence-electron chi connectivity index (χ4n) is 3.43. The summed E-state index contributed by atoms with van der Waals surface area (Å²) in [5.74, 6) is 0.430. The number of primary amides is 1. The van der Waals surface area contributed by atoms with Crippen LogP contribution in [0.4, 0.5) is 0 Å². The van der Waals surface area contributed by atoms with Crippen molar-refractivity contribution in [1.82, 2.24) is 4.90 Å². The number of nitrogens with two attached hydrogens (primary N) is 1. The van der Waals surface area contributed by atoms with E-state index in [1.165, 1.54) is 12.8 Å². The van der Waals surface area contributed by atoms with Crippen molar-refractivity contribution in [2.45, 2.75) is 57.5 Å². The van der Waals surface area contributed by atoms with Gasteiger partial charge in [0.25, 0.3) is 5.91 Å². The number of benzene rings is 1. The first-order valence-corrected chi connectivity index (χ1v) is 8.29. The Kier molecular flexibility index (Phi) is 4.19. The molecular weight excluding hydrogens is 276 g/mol. The molecule has 0 bridgehead atoms. The van der Waals surface area contributed by atoms with Crippen molar-refractivity contribution in [1.29, 1.82) is 0 Å². The van der Waals surface area contributed by atoms with Gasteiger partial charge in [-0.1, -0.05) is 6.92 Å². The lowest BCUT2D eigenvalue weighted by molar-refractivity contribution is 0.0592. The van der Waals surface area contributed by atoms with Crippen LogP contribution in [0.25, 0.3) is 0 Å². The van der Waals surface area contributed by atoms with Gasteiger partial charge in [0, 0.05) is 23.2 Å². The average molecular weight is 300 g/mol. The van der Waals surface area contributed by atoms with Crippen LogP contribution in [-0.4, -0.2) is 28.8 Å². The maximum Gasteiger partial charge on any atom is 0.254 e. The largest absolute Gasteiger partial charge is 0.366 e. The Morgan fingerprint density at radius 1 is 0.909 bits per heavy atom. The molecule has 1 aromatic rings. The Bertz CT molecular complexity index is 555. The fourth-order valence-corrected chi connectivity index (χ4v) is 3.43. The van der Waals surface area contributed by atoms with E-state index in [1.807, 2.05) is 0 Å². The molecule has 0 aliphatic heterocycles. The van der Waals surface area contributed by atoms with Gasteiger partial charge < -0.3 is 10.6 Å². The summed E-state index contributed by atoms with van der Waals surface area (Å²) in [6.07, 6.45) is 6.89. The minimum absolute atomic E-state index is 0.109. The summed E-state index contributed by atoms with van der Waals surface area (Å²) in [7, 11) is 0. The first kappa shape index (κ1) is 15.1. The molecule has 1 aromatic carbocycles. The van der Waals surface area contributed by atoms with E-state index in [1.54, 1.807) is 24.3 Å². The molecule has 2 aliphatic carbocycles. The predicted octanol–water partition coefficient (Wildman–Crippen LogP) is 2.97. The topological polar surface area (TPSA) is 63.4 Å². The third-order valence-electron chi connectivity index (χ3n) is 4.97. The van der Waals surface area contributed by atoms with Crippen LogP contribution in [0, 0.1) is 5.92 Å². The highest BCUT2D eigenvalue weighted by atomic mass is 16.2. The molecule has 2 N–H and O–H groups in total. The van der Waals surface area contributed by atoms with Gasteiger partial charge in [0.05, 0.1) is 0 Å². The molecule has 0 heterocycles. The molecule has 2 aliphatic rings. The van der Waals surface area contributed by atoms with Crippen molar-refractivity contribution in [2.24, 2.45) is 11.7 Å². The molecule has 0 spiro atoms. The molecule has 2 fully saturated rings. The van der Waals surface area contributed by atoms with Crippen LogP contribution in [-0.2, 0) is 0 Å². The van der Waals surface area contributed by atoms with Gasteiger partial charge >= 0.3 is 0 Å². The van der Waals surface area contributed by atoms with Gasteiger partial charge in [-0.25, -0.2) is 0 Å². The summed E-state index contributed by atoms with van der Waals surface area (Å²) in [6, 6.07) is 7.54. The highest BCUT2D eigenvalue weighted by Crippen LogP contribution is 2.36. The third-order valence-corrected chi connectivity index (χ3v) is 4.97. The number of hydrogen-bond acceptors (Lipinski definition) is 2. The standard InChI is InChI=1S/C18H24N2O2/c1-12-2-8-15(9-3-12)20(16-10-11-16)18(22)14-6-4-13(5-7-14)17(19)21/h4-7,12,15-16H,2-3,8-11H2,1H3,(H2,19,21). The van der Waals surface area contributed by atoms with Crippen molar-refractivity contribution in [3.8, 4) is 0 Å². The van der Waals surface area contributed by atoms with E-state index in [4.69, 9.17) is 5.73 Å². The van der Waals surface area contributed by atoms with Gasteiger partial charge in [-0.2, -0.15) is 0 Å². The molecule has 2 saturated carbocycles. The van der Waals surface area contributed by atoms with Gasteiger partial charge in [-0.3, -0.25) is 9.59 Å². The van der Waals surface area contributed by atoms with Crippen LogP contribution in [0.15, 0.2) is 24.3 Å². The first-order valence-electron chi connectivity index (χ1n) is 8.29. The zero-order valence-corrected chi connectivity index (χ0v) is 13.1. The maximum absolute atomic E-state index is 12.9. The van der Waals surface area contributed by atoms with Crippen molar-refractivity contribution < 1.29 is 9.59 Å². The van der Waals surface area contributed by atoms with Gasteiger partial charge in [0.1, 0.15) is 0 Å². The summed E-state index contributed by atoms with van der Waals surface area (Å²) in [5, 5.41) is 0. The van der Waals surface area contributed by atoms with Crippen LogP contribution < -0.4 is 5.73 Å². The predicted molar refractivity (Wildman–Crippen MR) is 85.6 cm³/mol. The molecule has 2 amide bonds. The van der Waals surface area contributed by atoms with Gasteiger partial charge in [-0.05, 0) is 68.7 Å². The quantitative estimate of drug-likeness (QED) is 0.929. The molecule has 0 radical (unpaired) electrons. The maximum atomic E-state index is 12.9. The summed E-state index contributed by atoms with van der Waals surface area (Å²) < 4.78 is 0. The molecule has 4 nitrogen and oxygen atoms in total. The minimum Gasteiger partial charge on any atom is -0.366 e. The van der Waals surface area contributed by atoms with Crippen molar-refractivity contribution in [3.63, 3.8) is 0 Å². The number of rotatable bonds is 4. The molecule has 0 saturated heterocycles. The molecule has 3 rings (SSSR count). The Balaban J connectivity index is 1.76. The van der Waals surface area contributed by atoms with Gasteiger partial charge in [0.15, 0.2) is 0 Å². The number of amides is 2. The van der Waals surface area contributed by atoms with E-state index >= 15 is 0 Å². The summed E-state index contributed by atoms with van der Waals surface area (Å²) in [6.45, 7) is 2.29. The van der Waals surface area contributed by atoms with Gasteiger partial charge in [-0.15, -0.1) is 0 Å². The molecule has 4 heteroatoms. The van der Waals surface area contributed by atoms with Crippen molar-refractivity contribution in [2.75, 3.05) is 0 Å². The first-order chi connectivity index (χ1) is 10.6. The third kappa shape index (κ3) is 3.16. The highest BCUT2D eigenvalue weighted by Gasteiger charge is 2.38. The number of nitrogens with zero attached hydrogens (tertiary/aromatic N) is 1. The molecule has 0 atom stereocenters. The fraction of sp³-hybridized carbons (Fsp3) is 0.556. The Labute approximate surface area is 131 Å². The average Bonchev–Trinajstić information content (AvgIpc) is 3.34. The molecule has 0 unspecified atom stereocenters. The van der Waals surface area contributed by atoms with Crippen LogP contribution in [0.5, 0.6) is 0 Å². The number of hydrogen-bond donors (Lipinski definition) is 1. The van der Waals surface area contributed by atoms with E-state index in [9.17, 15) is 9.59 Å². The summed E-state index contributed by atoms with van der Waals surface area (Å²) >= 11 is 0. The Hall–Kier alpha value is -1.84. The SMILES string of the molecule is CC1CCC(N(C(=O)c2ccc(C(N)=O)cc2)C2CC2)CC1. The lowest BCUT2D eigenvalue weighted by Gasteiger charge is -2.36. The summed E-state index contributed by atoms with van der Waals surface area (Å²) in [4.78, 5) is 26.2. The second-order valence-electron chi connectivity index (χ2n) is 6.80. The normalized spacial score (nSPS) is 24.8. The molecule has 118 valence electrons. The zero-order chi connectivity index (χ0) is 15.7. The highest BCUT2D eigenvalue weighted by molar-refractivity contribution is 5.97. The summed E-state index contributed by atoms with van der Waals surface area (Å²) in [5.41, 5.74) is 6.36. The van der Waals surface area contributed by atoms with Crippen LogP contribution >= 0.6 is 0 Å². The van der Waals surface area contributed by atoms with E-state index in [-0.39, 0.29) is 5.91 Å². The van der Waals surface area contributed by atoms with Crippen LogP contribution in [0.1, 0.15) is 66.2 Å². The van der Waals surface area contributed by atoms with Crippen LogP contribution in [0.2, 0.25) is 0 Å². The lowest BCUT2D eigenvalue weighted by Crippen LogP contribution is -2.43. The van der Waals surface area contributed by atoms with Gasteiger partial charge in [0.2, 0.25) is 5.91 Å². The molecule has 22 heavy (non-hydrogen) atoms. The van der Waals surface area contributed by atoms with E-state index < -0.39 is 5.91 Å². The second-order valence-corrected chi connectivity index (χ2v) is 6.80.